The maximum Gasteiger partial charge on any atom is 0.288 e. The number of amides is 1. The topological polar surface area (TPSA) is 123 Å². The van der Waals surface area contributed by atoms with Crippen molar-refractivity contribution in [1.82, 2.24) is 15.2 Å². The molecule has 2 aromatic carbocycles. The minimum Gasteiger partial charge on any atom is -0.497 e. The number of rotatable bonds is 5. The molecule has 3 aromatic rings. The number of aromatic amines is 1. The third kappa shape index (κ3) is 3.62. The lowest BCUT2D eigenvalue weighted by molar-refractivity contribution is -0.384. The van der Waals surface area contributed by atoms with E-state index < -0.39 is 10.8 Å². The molecule has 26 heavy (non-hydrogen) atoms. The highest BCUT2D eigenvalue weighted by Gasteiger charge is 2.17. The number of aromatic nitrogens is 3. The van der Waals surface area contributed by atoms with Gasteiger partial charge in [0.1, 0.15) is 10.8 Å². The fourth-order valence-electron chi connectivity index (χ4n) is 2.16. The van der Waals surface area contributed by atoms with Gasteiger partial charge in [0.05, 0.1) is 12.0 Å². The molecule has 0 saturated heterocycles. The Morgan fingerprint density at radius 2 is 2.00 bits per heavy atom. The highest BCUT2D eigenvalue weighted by Crippen LogP contribution is 2.25. The maximum absolute atomic E-state index is 12.2. The second-order valence-corrected chi connectivity index (χ2v) is 5.52. The Bertz CT molecular complexity index is 971. The first-order chi connectivity index (χ1) is 12.5. The second-order valence-electron chi connectivity index (χ2n) is 5.11. The zero-order valence-corrected chi connectivity index (χ0v) is 14.1. The van der Waals surface area contributed by atoms with Crippen molar-refractivity contribution in [1.29, 1.82) is 0 Å². The van der Waals surface area contributed by atoms with Crippen LogP contribution in [0.25, 0.3) is 11.4 Å². The quantitative estimate of drug-likeness (QED) is 0.522. The Balaban J connectivity index is 1.77. The third-order valence-electron chi connectivity index (χ3n) is 3.48. The van der Waals surface area contributed by atoms with E-state index in [4.69, 9.17) is 16.3 Å². The number of nitro benzene ring substituents is 1. The molecular weight excluding hydrogens is 362 g/mol. The fourth-order valence-corrected chi connectivity index (χ4v) is 2.35. The number of nitrogens with one attached hydrogen (secondary N) is 2. The number of halogens is 1. The highest BCUT2D eigenvalue weighted by molar-refractivity contribution is 6.32. The molecular formula is C16H12ClN5O4. The lowest BCUT2D eigenvalue weighted by Gasteiger charge is -2.02. The largest absolute Gasteiger partial charge is 0.497 e. The molecule has 0 radical (unpaired) electrons. The number of carbonyl (C=O) groups is 1. The number of anilines is 1. The van der Waals surface area contributed by atoms with Crippen LogP contribution < -0.4 is 10.1 Å². The number of hydrogen-bond donors (Lipinski definition) is 2. The summed E-state index contributed by atoms with van der Waals surface area (Å²) in [6.45, 7) is 0. The van der Waals surface area contributed by atoms with Crippen LogP contribution in [0, 0.1) is 10.1 Å². The summed E-state index contributed by atoms with van der Waals surface area (Å²) >= 11 is 5.74. The van der Waals surface area contributed by atoms with Crippen molar-refractivity contribution in [3.05, 3.63) is 63.2 Å². The van der Waals surface area contributed by atoms with Gasteiger partial charge in [-0.2, -0.15) is 4.98 Å². The van der Waals surface area contributed by atoms with E-state index in [-0.39, 0.29) is 22.2 Å². The first-order valence-corrected chi connectivity index (χ1v) is 7.68. The van der Waals surface area contributed by atoms with Gasteiger partial charge in [0.2, 0.25) is 5.95 Å². The summed E-state index contributed by atoms with van der Waals surface area (Å²) in [6, 6.07) is 10.9. The fraction of sp³-hybridized carbons (Fsp3) is 0.0625. The molecule has 132 valence electrons. The minimum absolute atomic E-state index is 0.0402. The zero-order valence-electron chi connectivity index (χ0n) is 13.4. The molecule has 0 atom stereocenters. The van der Waals surface area contributed by atoms with Crippen molar-refractivity contribution in [2.24, 2.45) is 0 Å². The molecule has 3 rings (SSSR count). The van der Waals surface area contributed by atoms with Gasteiger partial charge in [0.25, 0.3) is 11.6 Å². The van der Waals surface area contributed by atoms with Crippen LogP contribution in [0.4, 0.5) is 11.6 Å². The van der Waals surface area contributed by atoms with Crippen LogP contribution in [0.2, 0.25) is 5.02 Å². The van der Waals surface area contributed by atoms with Crippen LogP contribution in [0.3, 0.4) is 0 Å². The predicted molar refractivity (Wildman–Crippen MR) is 94.4 cm³/mol. The average molecular weight is 374 g/mol. The van der Waals surface area contributed by atoms with Gasteiger partial charge in [-0.05, 0) is 36.4 Å². The van der Waals surface area contributed by atoms with Gasteiger partial charge in [-0.25, -0.2) is 0 Å². The number of ether oxygens (including phenoxy) is 1. The predicted octanol–water partition coefficient (Wildman–Crippen LogP) is 3.29. The van der Waals surface area contributed by atoms with Gasteiger partial charge < -0.3 is 4.74 Å². The van der Waals surface area contributed by atoms with Crippen LogP contribution >= 0.6 is 11.6 Å². The van der Waals surface area contributed by atoms with E-state index in [1.165, 1.54) is 12.1 Å². The van der Waals surface area contributed by atoms with E-state index in [0.717, 1.165) is 11.6 Å². The van der Waals surface area contributed by atoms with Gasteiger partial charge in [0, 0.05) is 17.2 Å². The summed E-state index contributed by atoms with van der Waals surface area (Å²) in [7, 11) is 1.57. The van der Waals surface area contributed by atoms with Gasteiger partial charge in [0.15, 0.2) is 5.82 Å². The molecule has 1 amide bonds. The van der Waals surface area contributed by atoms with E-state index >= 15 is 0 Å². The summed E-state index contributed by atoms with van der Waals surface area (Å²) in [5, 5.41) is 20.0. The first-order valence-electron chi connectivity index (χ1n) is 7.30. The van der Waals surface area contributed by atoms with Gasteiger partial charge in [-0.1, -0.05) is 11.6 Å². The monoisotopic (exact) mass is 373 g/mol. The maximum atomic E-state index is 12.2. The van der Waals surface area contributed by atoms with Gasteiger partial charge >= 0.3 is 0 Å². The molecule has 0 saturated carbocycles. The van der Waals surface area contributed by atoms with Gasteiger partial charge in [-0.3, -0.25) is 25.3 Å². The summed E-state index contributed by atoms with van der Waals surface area (Å²) in [5.41, 5.74) is 0.464. The van der Waals surface area contributed by atoms with Crippen molar-refractivity contribution in [3.63, 3.8) is 0 Å². The molecule has 1 heterocycles. The smallest absolute Gasteiger partial charge is 0.288 e. The number of H-pyrrole nitrogens is 1. The standard InChI is InChI=1S/C16H12ClN5O4/c1-26-11-5-2-9(3-6-11)14-18-16(21-20-14)19-15(23)10-4-7-12(17)13(8-10)22(24)25/h2-8H,1H3,(H2,18,19,20,21,23). The Hall–Kier alpha value is -3.46. The number of nitrogens with zero attached hydrogens (tertiary/aromatic N) is 3. The number of methoxy groups -OCH3 is 1. The Morgan fingerprint density at radius 3 is 2.65 bits per heavy atom. The number of hydrogen-bond acceptors (Lipinski definition) is 6. The minimum atomic E-state index is -0.659. The lowest BCUT2D eigenvalue weighted by atomic mass is 10.2. The highest BCUT2D eigenvalue weighted by atomic mass is 35.5. The molecule has 0 spiro atoms. The molecule has 0 unspecified atom stereocenters. The van der Waals surface area contributed by atoms with Crippen LogP contribution in [0.15, 0.2) is 42.5 Å². The molecule has 0 fully saturated rings. The third-order valence-corrected chi connectivity index (χ3v) is 3.80. The van der Waals surface area contributed by atoms with E-state index in [2.05, 4.69) is 20.5 Å². The number of benzene rings is 2. The van der Waals surface area contributed by atoms with E-state index in [9.17, 15) is 14.9 Å². The van der Waals surface area contributed by atoms with Crippen LogP contribution in [0.5, 0.6) is 5.75 Å². The Morgan fingerprint density at radius 1 is 1.27 bits per heavy atom. The summed E-state index contributed by atoms with van der Waals surface area (Å²) in [6.07, 6.45) is 0. The van der Waals surface area contributed by atoms with Crippen LogP contribution in [0.1, 0.15) is 10.4 Å². The molecule has 2 N–H and O–H groups in total. The first kappa shape index (κ1) is 17.4. The molecule has 0 aliphatic heterocycles. The normalized spacial score (nSPS) is 10.4. The molecule has 0 bridgehead atoms. The molecule has 0 aliphatic rings. The second kappa shape index (κ2) is 7.19. The van der Waals surface area contributed by atoms with Crippen molar-refractivity contribution in [3.8, 4) is 17.1 Å². The molecule has 9 nitrogen and oxygen atoms in total. The average Bonchev–Trinajstić information content (AvgIpc) is 3.10. The van der Waals surface area contributed by atoms with Gasteiger partial charge in [-0.15, -0.1) is 5.10 Å². The van der Waals surface area contributed by atoms with E-state index in [1.807, 2.05) is 0 Å². The van der Waals surface area contributed by atoms with E-state index in [0.29, 0.717) is 11.6 Å². The molecule has 1 aromatic heterocycles. The number of carbonyl (C=O) groups excluding carboxylic acids is 1. The molecule has 10 heteroatoms. The van der Waals surface area contributed by atoms with E-state index in [1.54, 1.807) is 31.4 Å². The Kier molecular flexibility index (Phi) is 4.81. The summed E-state index contributed by atoms with van der Waals surface area (Å²) < 4.78 is 5.09. The van der Waals surface area contributed by atoms with Crippen LogP contribution in [-0.4, -0.2) is 33.1 Å². The number of nitro groups is 1. The summed E-state index contributed by atoms with van der Waals surface area (Å²) in [4.78, 5) is 26.7. The van der Waals surface area contributed by atoms with Crippen LogP contribution in [-0.2, 0) is 0 Å². The van der Waals surface area contributed by atoms with Crippen molar-refractivity contribution < 1.29 is 14.5 Å². The van der Waals surface area contributed by atoms with Crippen molar-refractivity contribution in [2.45, 2.75) is 0 Å². The van der Waals surface area contributed by atoms with Crippen molar-refractivity contribution in [2.75, 3.05) is 12.4 Å². The summed E-state index contributed by atoms with van der Waals surface area (Å²) in [5.74, 6) is 0.597. The van der Waals surface area contributed by atoms with Crippen molar-refractivity contribution >= 4 is 29.1 Å². The Labute approximate surface area is 152 Å². The zero-order chi connectivity index (χ0) is 18.7. The molecule has 0 aliphatic carbocycles. The SMILES string of the molecule is COc1ccc(-c2nc(NC(=O)c3ccc(Cl)c([N+](=O)[O-])c3)n[nH]2)cc1. The lowest BCUT2D eigenvalue weighted by Crippen LogP contribution is -2.13.